The van der Waals surface area contributed by atoms with E-state index >= 15 is 0 Å². The molecule has 0 bridgehead atoms. The smallest absolute Gasteiger partial charge is 0.259 e. The minimum Gasteiger partial charge on any atom is -0.348 e. The average Bonchev–Trinajstić information content (AvgIpc) is 3.80. The molecule has 1 amide bonds. The highest BCUT2D eigenvalue weighted by molar-refractivity contribution is 6.16. The lowest BCUT2D eigenvalue weighted by Gasteiger charge is -2.36. The molecule has 222 valence electrons. The van der Waals surface area contributed by atoms with E-state index in [1.807, 2.05) is 27.3 Å². The summed E-state index contributed by atoms with van der Waals surface area (Å²) in [6, 6.07) is 16.3. The predicted octanol–water partition coefficient (Wildman–Crippen LogP) is 4.57. The number of rotatable bonds is 8. The Balaban J connectivity index is 1.31. The zero-order valence-corrected chi connectivity index (χ0v) is 24.4. The Bertz CT molecular complexity index is 1740. The fraction of sp³-hybridized carbons (Fsp3) is 0.424. The number of hydrogen-bond acceptors (Lipinski definition) is 7. The van der Waals surface area contributed by atoms with Gasteiger partial charge in [-0.05, 0) is 48.4 Å². The number of amides is 1. The van der Waals surface area contributed by atoms with Crippen LogP contribution in [0, 0.1) is 0 Å². The monoisotopic (exact) mass is 580 g/mol. The fourth-order valence-electron chi connectivity index (χ4n) is 6.80. The van der Waals surface area contributed by atoms with Crippen molar-refractivity contribution in [2.75, 3.05) is 13.2 Å². The second kappa shape index (κ2) is 11.5. The molecule has 1 spiro atoms. The van der Waals surface area contributed by atoms with Gasteiger partial charge in [0.05, 0.1) is 31.0 Å². The van der Waals surface area contributed by atoms with Gasteiger partial charge in [0.1, 0.15) is 6.33 Å². The summed E-state index contributed by atoms with van der Waals surface area (Å²) in [5.41, 5.74) is 8.86. The van der Waals surface area contributed by atoms with Crippen LogP contribution in [0.25, 0.3) is 16.9 Å². The van der Waals surface area contributed by atoms with Crippen molar-refractivity contribution < 1.29 is 14.3 Å². The predicted molar refractivity (Wildman–Crippen MR) is 162 cm³/mol. The van der Waals surface area contributed by atoms with Crippen LogP contribution in [-0.2, 0) is 27.1 Å². The van der Waals surface area contributed by atoms with E-state index in [0.717, 1.165) is 78.5 Å². The van der Waals surface area contributed by atoms with Crippen LogP contribution in [0.5, 0.6) is 0 Å². The van der Waals surface area contributed by atoms with Crippen LogP contribution < -0.4 is 11.0 Å². The molecule has 2 aliphatic heterocycles. The lowest BCUT2D eigenvalue weighted by Crippen LogP contribution is -2.39. The molecule has 0 radical (unpaired) electrons. The Kier molecular flexibility index (Phi) is 7.40. The van der Waals surface area contributed by atoms with Gasteiger partial charge < -0.3 is 9.47 Å². The summed E-state index contributed by atoms with van der Waals surface area (Å²) in [5.74, 6) is -0.0353. The van der Waals surface area contributed by atoms with Gasteiger partial charge in [-0.25, -0.2) is 9.94 Å². The van der Waals surface area contributed by atoms with Crippen LogP contribution in [0.3, 0.4) is 0 Å². The summed E-state index contributed by atoms with van der Waals surface area (Å²) in [7, 11) is 0. The zero-order chi connectivity index (χ0) is 29.4. The summed E-state index contributed by atoms with van der Waals surface area (Å²) in [4.78, 5) is 31.2. The number of aryl methyl sites for hydroxylation is 1. The van der Waals surface area contributed by atoms with Crippen molar-refractivity contribution in [3.8, 4) is 11.1 Å². The largest absolute Gasteiger partial charge is 0.348 e. The van der Waals surface area contributed by atoms with Gasteiger partial charge in [0, 0.05) is 36.4 Å². The topological polar surface area (TPSA) is 112 Å². The van der Waals surface area contributed by atoms with Crippen LogP contribution in [0.4, 0.5) is 0 Å². The summed E-state index contributed by atoms with van der Waals surface area (Å²) in [6.07, 6.45) is 7.92. The van der Waals surface area contributed by atoms with Crippen LogP contribution >= 0.6 is 0 Å². The first-order valence-corrected chi connectivity index (χ1v) is 15.3. The van der Waals surface area contributed by atoms with Crippen molar-refractivity contribution in [1.29, 1.82) is 0 Å². The van der Waals surface area contributed by atoms with E-state index in [9.17, 15) is 9.59 Å². The van der Waals surface area contributed by atoms with Crippen molar-refractivity contribution in [3.05, 3.63) is 87.6 Å². The molecule has 1 saturated heterocycles. The summed E-state index contributed by atoms with van der Waals surface area (Å²) in [6.45, 7) is 3.39. The number of hydrogen-bond donors (Lipinski definition) is 1. The van der Waals surface area contributed by atoms with Crippen molar-refractivity contribution in [2.24, 2.45) is 5.10 Å². The summed E-state index contributed by atoms with van der Waals surface area (Å²) < 4.78 is 15.7. The standard InChI is InChI=1S/C33H36N6O4/c1-2-3-9-29-27(19-22-10-11-25(23-7-5-4-6-8-23)26(18-22)28-20-30(40)37-36-28)31(41)38(32-34-21-35-39(29)32)24-12-14-33(15-13-24)42-16-17-43-33/h4-8,10-11,18,21,24H,2-3,9,12-17,19-20H2,1H3,(H,37,40). The van der Waals surface area contributed by atoms with E-state index < -0.39 is 5.79 Å². The number of nitrogens with one attached hydrogen (secondary N) is 1. The molecule has 1 aliphatic carbocycles. The molecule has 10 heteroatoms. The molecule has 1 N–H and O–H groups in total. The molecule has 7 rings (SSSR count). The van der Waals surface area contributed by atoms with Crippen LogP contribution in [0.1, 0.15) is 80.3 Å². The van der Waals surface area contributed by atoms with Gasteiger partial charge in [0.25, 0.3) is 5.56 Å². The van der Waals surface area contributed by atoms with E-state index in [0.29, 0.717) is 31.1 Å². The average molecular weight is 581 g/mol. The molecule has 0 atom stereocenters. The van der Waals surface area contributed by atoms with Crippen molar-refractivity contribution in [2.45, 2.75) is 76.5 Å². The molecule has 1 saturated carbocycles. The molecular formula is C33H36N6O4. The fourth-order valence-corrected chi connectivity index (χ4v) is 6.80. The molecule has 2 aromatic heterocycles. The van der Waals surface area contributed by atoms with Gasteiger partial charge >= 0.3 is 0 Å². The summed E-state index contributed by atoms with van der Waals surface area (Å²) in [5, 5.41) is 8.96. The first-order chi connectivity index (χ1) is 21.0. The van der Waals surface area contributed by atoms with Gasteiger partial charge in [0.15, 0.2) is 5.79 Å². The number of aromatic nitrogens is 4. The third-order valence-corrected chi connectivity index (χ3v) is 8.99. The summed E-state index contributed by atoms with van der Waals surface area (Å²) >= 11 is 0. The molecular weight excluding hydrogens is 544 g/mol. The third-order valence-electron chi connectivity index (χ3n) is 8.99. The van der Waals surface area contributed by atoms with E-state index in [4.69, 9.17) is 9.47 Å². The highest BCUT2D eigenvalue weighted by Gasteiger charge is 2.41. The Labute approximate surface area is 249 Å². The number of hydrazone groups is 1. The number of carbonyl (C=O) groups excluding carboxylic acids is 1. The Morgan fingerprint density at radius 3 is 2.53 bits per heavy atom. The van der Waals surface area contributed by atoms with Crippen molar-refractivity contribution in [3.63, 3.8) is 0 Å². The molecule has 2 fully saturated rings. The highest BCUT2D eigenvalue weighted by atomic mass is 16.7. The molecule has 4 heterocycles. The minimum atomic E-state index is -0.510. The number of benzene rings is 2. The first-order valence-electron chi connectivity index (χ1n) is 15.3. The molecule has 43 heavy (non-hydrogen) atoms. The van der Waals surface area contributed by atoms with Crippen LogP contribution in [-0.4, -0.2) is 49.8 Å². The highest BCUT2D eigenvalue weighted by Crippen LogP contribution is 2.40. The zero-order valence-electron chi connectivity index (χ0n) is 24.4. The first kappa shape index (κ1) is 27.7. The van der Waals surface area contributed by atoms with E-state index in [1.54, 1.807) is 6.33 Å². The van der Waals surface area contributed by atoms with Gasteiger partial charge in [-0.1, -0.05) is 55.8 Å². The molecule has 4 aromatic rings. The molecule has 0 unspecified atom stereocenters. The Morgan fingerprint density at radius 1 is 1.02 bits per heavy atom. The number of nitrogens with zero attached hydrogens (tertiary/aromatic N) is 5. The normalized spacial score (nSPS) is 18.4. The molecule has 10 nitrogen and oxygen atoms in total. The minimum absolute atomic E-state index is 0.00968. The van der Waals surface area contributed by atoms with Gasteiger partial charge in [-0.3, -0.25) is 14.2 Å². The molecule has 3 aliphatic rings. The maximum absolute atomic E-state index is 14.5. The Hall–Kier alpha value is -4.15. The number of unbranched alkanes of at least 4 members (excludes halogenated alkanes) is 1. The number of carbonyl (C=O) groups is 1. The lowest BCUT2D eigenvalue weighted by molar-refractivity contribution is -0.181. The van der Waals surface area contributed by atoms with Crippen LogP contribution in [0.2, 0.25) is 0 Å². The lowest BCUT2D eigenvalue weighted by atomic mass is 9.89. The van der Waals surface area contributed by atoms with Gasteiger partial charge in [0.2, 0.25) is 11.7 Å². The van der Waals surface area contributed by atoms with Crippen molar-refractivity contribution in [1.82, 2.24) is 24.6 Å². The van der Waals surface area contributed by atoms with Crippen molar-refractivity contribution >= 4 is 17.4 Å². The third kappa shape index (κ3) is 5.19. The second-order valence-electron chi connectivity index (χ2n) is 11.7. The molecule has 2 aromatic carbocycles. The van der Waals surface area contributed by atoms with Crippen LogP contribution in [0.15, 0.2) is 64.8 Å². The number of ether oxygens (including phenoxy) is 2. The quantitative estimate of drug-likeness (QED) is 0.327. The second-order valence-corrected chi connectivity index (χ2v) is 11.7. The number of fused-ring (bicyclic) bond motifs is 1. The van der Waals surface area contributed by atoms with Gasteiger partial charge in [-0.15, -0.1) is 0 Å². The van der Waals surface area contributed by atoms with E-state index in [-0.39, 0.29) is 23.9 Å². The maximum atomic E-state index is 14.5. The Morgan fingerprint density at radius 2 is 1.81 bits per heavy atom. The maximum Gasteiger partial charge on any atom is 0.259 e. The van der Waals surface area contributed by atoms with Gasteiger partial charge in [-0.2, -0.15) is 15.2 Å². The SMILES string of the molecule is CCCCc1c(Cc2ccc(-c3ccccc3)c(C3=NNC(=O)C3)c2)c(=O)n(C2CCC3(CC2)OCCO3)c2ncnn12. The van der Waals surface area contributed by atoms with E-state index in [1.165, 1.54) is 0 Å². The van der Waals surface area contributed by atoms with E-state index in [2.05, 4.69) is 57.9 Å².